The van der Waals surface area contributed by atoms with Crippen molar-refractivity contribution in [3.05, 3.63) is 35.1 Å². The summed E-state index contributed by atoms with van der Waals surface area (Å²) in [6, 6.07) is 6.66. The number of benzene rings is 1. The van der Waals surface area contributed by atoms with E-state index in [1.54, 1.807) is 23.7 Å². The molecule has 0 saturated heterocycles. The van der Waals surface area contributed by atoms with Gasteiger partial charge in [-0.15, -0.1) is 10.2 Å². The molecule has 0 aliphatic carbocycles. The van der Waals surface area contributed by atoms with Crippen LogP contribution in [-0.2, 0) is 18.4 Å². The van der Waals surface area contributed by atoms with Crippen molar-refractivity contribution in [3.8, 4) is 5.75 Å². The van der Waals surface area contributed by atoms with Crippen LogP contribution < -0.4 is 15.4 Å². The zero-order chi connectivity index (χ0) is 19.8. The largest absolute Gasteiger partial charge is 0.484 e. The van der Waals surface area contributed by atoms with Gasteiger partial charge in [-0.05, 0) is 18.1 Å². The standard InChI is InChI=1S/C17H22ClN5O3S/c1-11(2)8-19-16(25)20-15(24)10-27-17-22-21-14(23(17)3)9-26-13-7-5-4-6-12(13)18/h4-7,11H,8-10H2,1-3H3,(H2,19,20,24,25). The molecule has 0 atom stereocenters. The maximum Gasteiger partial charge on any atom is 0.321 e. The molecule has 27 heavy (non-hydrogen) atoms. The summed E-state index contributed by atoms with van der Waals surface area (Å²) < 4.78 is 7.37. The van der Waals surface area contributed by atoms with Crippen LogP contribution in [-0.4, -0.2) is 39.0 Å². The first-order valence-electron chi connectivity index (χ1n) is 8.33. The third-order valence-corrected chi connectivity index (χ3v) is 4.71. The van der Waals surface area contributed by atoms with E-state index in [-0.39, 0.29) is 12.4 Å². The van der Waals surface area contributed by atoms with E-state index in [4.69, 9.17) is 16.3 Å². The number of carbonyl (C=O) groups excluding carboxylic acids is 2. The Hall–Kier alpha value is -2.26. The number of aromatic nitrogens is 3. The van der Waals surface area contributed by atoms with Gasteiger partial charge < -0.3 is 14.6 Å². The first kappa shape index (κ1) is 21.0. The van der Waals surface area contributed by atoms with E-state index in [0.29, 0.717) is 34.2 Å². The molecule has 0 aliphatic rings. The highest BCUT2D eigenvalue weighted by molar-refractivity contribution is 7.99. The molecule has 1 heterocycles. The fraction of sp³-hybridized carbons (Fsp3) is 0.412. The number of nitrogens with zero attached hydrogens (tertiary/aromatic N) is 3. The summed E-state index contributed by atoms with van der Waals surface area (Å²) in [5.41, 5.74) is 0. The summed E-state index contributed by atoms with van der Waals surface area (Å²) in [5, 5.41) is 14.1. The van der Waals surface area contributed by atoms with Gasteiger partial charge in [-0.1, -0.05) is 49.3 Å². The molecule has 2 aromatic rings. The number of hydrogen-bond donors (Lipinski definition) is 2. The summed E-state index contributed by atoms with van der Waals surface area (Å²) in [6.45, 7) is 4.64. The first-order chi connectivity index (χ1) is 12.9. The third kappa shape index (κ3) is 6.76. The molecule has 0 bridgehead atoms. The maximum absolute atomic E-state index is 11.8. The van der Waals surface area contributed by atoms with Crippen LogP contribution in [0.5, 0.6) is 5.75 Å². The average Bonchev–Trinajstić information content (AvgIpc) is 2.97. The number of urea groups is 1. The molecule has 0 aliphatic heterocycles. The molecular weight excluding hydrogens is 390 g/mol. The van der Waals surface area contributed by atoms with Crippen molar-refractivity contribution in [2.75, 3.05) is 12.3 Å². The number of para-hydroxylation sites is 1. The van der Waals surface area contributed by atoms with Gasteiger partial charge in [0.15, 0.2) is 11.0 Å². The van der Waals surface area contributed by atoms with Crippen LogP contribution in [0.15, 0.2) is 29.4 Å². The third-order valence-electron chi connectivity index (χ3n) is 3.37. The average molecular weight is 412 g/mol. The van der Waals surface area contributed by atoms with Crippen molar-refractivity contribution >= 4 is 35.3 Å². The number of thioether (sulfide) groups is 1. The number of hydrogen-bond acceptors (Lipinski definition) is 6. The fourth-order valence-electron chi connectivity index (χ4n) is 1.93. The van der Waals surface area contributed by atoms with Gasteiger partial charge in [-0.25, -0.2) is 4.79 Å². The van der Waals surface area contributed by atoms with Crippen molar-refractivity contribution < 1.29 is 14.3 Å². The number of nitrogens with one attached hydrogen (secondary N) is 2. The predicted molar refractivity (Wildman–Crippen MR) is 104 cm³/mol. The number of ether oxygens (including phenoxy) is 1. The summed E-state index contributed by atoms with van der Waals surface area (Å²) >= 11 is 7.24. The zero-order valence-electron chi connectivity index (χ0n) is 15.4. The maximum atomic E-state index is 11.8. The second-order valence-corrected chi connectivity index (χ2v) is 7.47. The van der Waals surface area contributed by atoms with Crippen LogP contribution in [0.4, 0.5) is 4.79 Å². The minimum absolute atomic E-state index is 0.0481. The molecular formula is C17H22ClN5O3S. The van der Waals surface area contributed by atoms with E-state index in [1.165, 1.54) is 11.8 Å². The molecule has 1 aromatic heterocycles. The molecule has 10 heteroatoms. The lowest BCUT2D eigenvalue weighted by molar-refractivity contribution is -0.117. The number of amides is 3. The van der Waals surface area contributed by atoms with Gasteiger partial charge in [0.1, 0.15) is 12.4 Å². The van der Waals surface area contributed by atoms with E-state index in [1.807, 2.05) is 26.0 Å². The predicted octanol–water partition coefficient (Wildman–Crippen LogP) is 2.62. The van der Waals surface area contributed by atoms with E-state index in [9.17, 15) is 9.59 Å². The van der Waals surface area contributed by atoms with Crippen LogP contribution in [0, 0.1) is 5.92 Å². The fourth-order valence-corrected chi connectivity index (χ4v) is 2.85. The molecule has 146 valence electrons. The Morgan fingerprint density at radius 2 is 2.04 bits per heavy atom. The molecule has 0 fully saturated rings. The lowest BCUT2D eigenvalue weighted by Gasteiger charge is -2.09. The van der Waals surface area contributed by atoms with Crippen LogP contribution >= 0.6 is 23.4 Å². The number of rotatable bonds is 8. The highest BCUT2D eigenvalue weighted by Crippen LogP contribution is 2.24. The van der Waals surface area contributed by atoms with Crippen LogP contribution in [0.2, 0.25) is 5.02 Å². The Balaban J connectivity index is 1.82. The SMILES string of the molecule is CC(C)CNC(=O)NC(=O)CSc1nnc(COc2ccccc2Cl)n1C. The van der Waals surface area contributed by atoms with Gasteiger partial charge in [0, 0.05) is 13.6 Å². The number of imide groups is 1. The summed E-state index contributed by atoms with van der Waals surface area (Å²) in [5.74, 6) is 1.10. The minimum atomic E-state index is -0.499. The van der Waals surface area contributed by atoms with Crippen LogP contribution in [0.25, 0.3) is 0 Å². The van der Waals surface area contributed by atoms with Gasteiger partial charge in [-0.3, -0.25) is 10.1 Å². The van der Waals surface area contributed by atoms with Gasteiger partial charge in [0.2, 0.25) is 5.91 Å². The molecule has 0 unspecified atom stereocenters. The lowest BCUT2D eigenvalue weighted by atomic mass is 10.2. The molecule has 2 rings (SSSR count). The monoisotopic (exact) mass is 411 g/mol. The minimum Gasteiger partial charge on any atom is -0.484 e. The highest BCUT2D eigenvalue weighted by Gasteiger charge is 2.14. The Morgan fingerprint density at radius 3 is 2.74 bits per heavy atom. The van der Waals surface area contributed by atoms with Gasteiger partial charge in [-0.2, -0.15) is 0 Å². The Morgan fingerprint density at radius 1 is 1.30 bits per heavy atom. The first-order valence-corrected chi connectivity index (χ1v) is 9.69. The molecule has 0 spiro atoms. The summed E-state index contributed by atoms with van der Waals surface area (Å²) in [7, 11) is 1.78. The van der Waals surface area contributed by atoms with Crippen molar-refractivity contribution in [2.45, 2.75) is 25.6 Å². The number of carbonyl (C=O) groups is 2. The van der Waals surface area contributed by atoms with E-state index in [0.717, 1.165) is 0 Å². The van der Waals surface area contributed by atoms with Gasteiger partial charge in [0.25, 0.3) is 0 Å². The highest BCUT2D eigenvalue weighted by atomic mass is 35.5. The molecule has 8 nitrogen and oxygen atoms in total. The molecule has 1 aromatic carbocycles. The summed E-state index contributed by atoms with van der Waals surface area (Å²) in [4.78, 5) is 23.4. The van der Waals surface area contributed by atoms with Crippen LogP contribution in [0.3, 0.4) is 0 Å². The van der Waals surface area contributed by atoms with Crippen molar-refractivity contribution in [1.29, 1.82) is 0 Å². The Labute approximate surface area is 167 Å². The van der Waals surface area contributed by atoms with Crippen molar-refractivity contribution in [2.24, 2.45) is 13.0 Å². The normalized spacial score (nSPS) is 10.7. The molecule has 0 saturated carbocycles. The van der Waals surface area contributed by atoms with Crippen molar-refractivity contribution in [3.63, 3.8) is 0 Å². The second-order valence-electron chi connectivity index (χ2n) is 6.12. The quantitative estimate of drug-likeness (QED) is 0.648. The summed E-state index contributed by atoms with van der Waals surface area (Å²) in [6.07, 6.45) is 0. The zero-order valence-corrected chi connectivity index (χ0v) is 16.9. The van der Waals surface area contributed by atoms with Gasteiger partial charge in [0.05, 0.1) is 10.8 Å². The smallest absolute Gasteiger partial charge is 0.321 e. The van der Waals surface area contributed by atoms with Crippen molar-refractivity contribution in [1.82, 2.24) is 25.4 Å². The van der Waals surface area contributed by atoms with E-state index < -0.39 is 11.9 Å². The van der Waals surface area contributed by atoms with Gasteiger partial charge >= 0.3 is 6.03 Å². The molecule has 0 radical (unpaired) electrons. The Kier molecular flexibility index (Phi) is 7.93. The Bertz CT molecular complexity index is 797. The second kappa shape index (κ2) is 10.2. The van der Waals surface area contributed by atoms with E-state index >= 15 is 0 Å². The topological polar surface area (TPSA) is 98.1 Å². The number of halogens is 1. The molecule has 3 amide bonds. The van der Waals surface area contributed by atoms with Crippen LogP contribution in [0.1, 0.15) is 19.7 Å². The lowest BCUT2D eigenvalue weighted by Crippen LogP contribution is -2.41. The molecule has 2 N–H and O–H groups in total. The van der Waals surface area contributed by atoms with E-state index in [2.05, 4.69) is 20.8 Å².